The summed E-state index contributed by atoms with van der Waals surface area (Å²) in [5.41, 5.74) is 1.81. The summed E-state index contributed by atoms with van der Waals surface area (Å²) in [6, 6.07) is 0. The van der Waals surface area contributed by atoms with E-state index < -0.39 is 5.97 Å². The Balaban J connectivity index is 2.84. The van der Waals surface area contributed by atoms with Crippen LogP contribution in [0.25, 0.3) is 0 Å². The molecule has 0 bridgehead atoms. The molecule has 0 unspecified atom stereocenters. The van der Waals surface area contributed by atoms with E-state index in [9.17, 15) is 9.59 Å². The van der Waals surface area contributed by atoms with Gasteiger partial charge in [0.05, 0.1) is 17.9 Å². The third-order valence-corrected chi connectivity index (χ3v) is 2.39. The van der Waals surface area contributed by atoms with Crippen molar-refractivity contribution < 1.29 is 14.3 Å². The van der Waals surface area contributed by atoms with Gasteiger partial charge in [-0.2, -0.15) is 5.10 Å². The lowest BCUT2D eigenvalue weighted by molar-refractivity contribution is -0.138. The van der Waals surface area contributed by atoms with E-state index in [2.05, 4.69) is 15.5 Å². The van der Waals surface area contributed by atoms with Crippen molar-refractivity contribution in [1.82, 2.24) is 15.5 Å². The van der Waals surface area contributed by atoms with E-state index in [0.29, 0.717) is 17.0 Å². The maximum atomic E-state index is 12.0. The van der Waals surface area contributed by atoms with Crippen LogP contribution in [0.2, 0.25) is 0 Å². The van der Waals surface area contributed by atoms with E-state index in [1.165, 1.54) is 6.08 Å². The van der Waals surface area contributed by atoms with Crippen molar-refractivity contribution in [1.29, 1.82) is 0 Å². The Morgan fingerprint density at radius 3 is 2.56 bits per heavy atom. The van der Waals surface area contributed by atoms with Crippen molar-refractivity contribution in [3.05, 3.63) is 28.7 Å². The SMILES string of the molecule is CC=C(NC(=O)c1c(C)n[nH]c1C)C(=O)OCC. The van der Waals surface area contributed by atoms with Gasteiger partial charge in [0, 0.05) is 5.69 Å². The predicted octanol–water partition coefficient (Wildman–Crippen LogP) is 1.22. The first-order chi connectivity index (χ1) is 8.51. The first-order valence-corrected chi connectivity index (χ1v) is 5.67. The second-order valence-corrected chi connectivity index (χ2v) is 3.69. The number of H-pyrrole nitrogens is 1. The van der Waals surface area contributed by atoms with E-state index in [-0.39, 0.29) is 18.2 Å². The maximum absolute atomic E-state index is 12.0. The lowest BCUT2D eigenvalue weighted by Crippen LogP contribution is -2.29. The third-order valence-electron chi connectivity index (χ3n) is 2.39. The Bertz CT molecular complexity index is 469. The monoisotopic (exact) mass is 251 g/mol. The molecule has 1 heterocycles. The molecule has 6 heteroatoms. The zero-order chi connectivity index (χ0) is 13.7. The van der Waals surface area contributed by atoms with Gasteiger partial charge in [0.15, 0.2) is 0 Å². The third kappa shape index (κ3) is 2.97. The van der Waals surface area contributed by atoms with Gasteiger partial charge in [-0.05, 0) is 27.7 Å². The van der Waals surface area contributed by atoms with Crippen LogP contribution >= 0.6 is 0 Å². The Hall–Kier alpha value is -2.11. The van der Waals surface area contributed by atoms with E-state index in [0.717, 1.165) is 0 Å². The van der Waals surface area contributed by atoms with Crippen LogP contribution in [0.4, 0.5) is 0 Å². The molecule has 1 amide bonds. The summed E-state index contributed by atoms with van der Waals surface area (Å²) in [6.45, 7) is 7.08. The summed E-state index contributed by atoms with van der Waals surface area (Å²) in [7, 11) is 0. The number of carbonyl (C=O) groups excluding carboxylic acids is 2. The number of amides is 1. The molecule has 0 aromatic carbocycles. The van der Waals surface area contributed by atoms with Crippen LogP contribution in [0, 0.1) is 13.8 Å². The normalized spacial score (nSPS) is 11.2. The molecule has 1 aromatic heterocycles. The highest BCUT2D eigenvalue weighted by Crippen LogP contribution is 2.09. The fourth-order valence-electron chi connectivity index (χ4n) is 1.52. The molecule has 1 rings (SSSR count). The fourth-order valence-corrected chi connectivity index (χ4v) is 1.52. The smallest absolute Gasteiger partial charge is 0.354 e. The molecular formula is C12H17N3O3. The number of hydrogen-bond acceptors (Lipinski definition) is 4. The minimum Gasteiger partial charge on any atom is -0.461 e. The van der Waals surface area contributed by atoms with Crippen LogP contribution in [0.3, 0.4) is 0 Å². The molecule has 2 N–H and O–H groups in total. The van der Waals surface area contributed by atoms with Gasteiger partial charge in [0.2, 0.25) is 0 Å². The summed E-state index contributed by atoms with van der Waals surface area (Å²) < 4.78 is 4.83. The maximum Gasteiger partial charge on any atom is 0.354 e. The van der Waals surface area contributed by atoms with Gasteiger partial charge in [0.25, 0.3) is 5.91 Å². The number of aromatic nitrogens is 2. The summed E-state index contributed by atoms with van der Waals surface area (Å²) in [5.74, 6) is -0.924. The minimum absolute atomic E-state index is 0.127. The van der Waals surface area contributed by atoms with Crippen molar-refractivity contribution in [3.63, 3.8) is 0 Å². The topological polar surface area (TPSA) is 84.1 Å². The standard InChI is InChI=1S/C12H17N3O3/c1-5-9(12(17)18-6-2)13-11(16)10-7(3)14-15-8(10)4/h5H,6H2,1-4H3,(H,13,16)(H,14,15). The number of aromatic amines is 1. The van der Waals surface area contributed by atoms with Gasteiger partial charge in [-0.3, -0.25) is 9.89 Å². The Kier molecular flexibility index (Phi) is 4.65. The lowest BCUT2D eigenvalue weighted by atomic mass is 10.2. The van der Waals surface area contributed by atoms with Gasteiger partial charge < -0.3 is 10.1 Å². The second kappa shape index (κ2) is 6.00. The molecule has 0 aliphatic carbocycles. The predicted molar refractivity (Wildman–Crippen MR) is 65.9 cm³/mol. The molecule has 0 fully saturated rings. The minimum atomic E-state index is -0.549. The summed E-state index contributed by atoms with van der Waals surface area (Å²) in [6.07, 6.45) is 1.50. The number of carbonyl (C=O) groups is 2. The number of nitrogens with zero attached hydrogens (tertiary/aromatic N) is 1. The van der Waals surface area contributed by atoms with Crippen LogP contribution in [0.15, 0.2) is 11.8 Å². The van der Waals surface area contributed by atoms with Gasteiger partial charge in [-0.1, -0.05) is 6.08 Å². The van der Waals surface area contributed by atoms with Crippen LogP contribution in [0.1, 0.15) is 35.6 Å². The highest BCUT2D eigenvalue weighted by molar-refractivity contribution is 6.02. The van der Waals surface area contributed by atoms with Crippen molar-refractivity contribution in [3.8, 4) is 0 Å². The van der Waals surface area contributed by atoms with E-state index in [4.69, 9.17) is 4.74 Å². The average Bonchev–Trinajstić information content (AvgIpc) is 2.66. The molecule has 1 aromatic rings. The van der Waals surface area contributed by atoms with E-state index in [1.807, 2.05) is 0 Å². The molecule has 0 spiro atoms. The molecule has 6 nitrogen and oxygen atoms in total. The number of aryl methyl sites for hydroxylation is 2. The first-order valence-electron chi connectivity index (χ1n) is 5.67. The fraction of sp³-hybridized carbons (Fsp3) is 0.417. The Labute approximate surface area is 105 Å². The molecular weight excluding hydrogens is 234 g/mol. The molecule has 0 atom stereocenters. The highest BCUT2D eigenvalue weighted by atomic mass is 16.5. The van der Waals surface area contributed by atoms with Crippen molar-refractivity contribution in [2.24, 2.45) is 0 Å². The number of allylic oxidation sites excluding steroid dienone is 1. The molecule has 0 aliphatic rings. The van der Waals surface area contributed by atoms with Gasteiger partial charge in [0.1, 0.15) is 5.70 Å². The van der Waals surface area contributed by atoms with Crippen molar-refractivity contribution in [2.75, 3.05) is 6.61 Å². The molecule has 0 saturated heterocycles. The van der Waals surface area contributed by atoms with Gasteiger partial charge >= 0.3 is 5.97 Å². The van der Waals surface area contributed by atoms with Crippen LogP contribution in [-0.4, -0.2) is 28.7 Å². The van der Waals surface area contributed by atoms with Crippen LogP contribution in [-0.2, 0) is 9.53 Å². The van der Waals surface area contributed by atoms with E-state index in [1.54, 1.807) is 27.7 Å². The number of ether oxygens (including phenoxy) is 1. The summed E-state index contributed by atoms with van der Waals surface area (Å²) >= 11 is 0. The zero-order valence-corrected chi connectivity index (χ0v) is 11.0. The average molecular weight is 251 g/mol. The highest BCUT2D eigenvalue weighted by Gasteiger charge is 2.19. The largest absolute Gasteiger partial charge is 0.461 e. The first kappa shape index (κ1) is 14.0. The second-order valence-electron chi connectivity index (χ2n) is 3.69. The molecule has 0 aliphatic heterocycles. The van der Waals surface area contributed by atoms with Crippen molar-refractivity contribution >= 4 is 11.9 Å². The van der Waals surface area contributed by atoms with E-state index >= 15 is 0 Å². The quantitative estimate of drug-likeness (QED) is 0.622. The van der Waals surface area contributed by atoms with Gasteiger partial charge in [-0.25, -0.2) is 4.79 Å². The van der Waals surface area contributed by atoms with Crippen LogP contribution < -0.4 is 5.32 Å². The number of hydrogen-bond donors (Lipinski definition) is 2. The molecule has 0 saturated carbocycles. The molecule has 98 valence electrons. The summed E-state index contributed by atoms with van der Waals surface area (Å²) in [5, 5.41) is 9.17. The Morgan fingerprint density at radius 1 is 1.44 bits per heavy atom. The van der Waals surface area contributed by atoms with Crippen molar-refractivity contribution in [2.45, 2.75) is 27.7 Å². The van der Waals surface area contributed by atoms with Gasteiger partial charge in [-0.15, -0.1) is 0 Å². The molecule has 0 radical (unpaired) electrons. The summed E-state index contributed by atoms with van der Waals surface area (Å²) in [4.78, 5) is 23.5. The lowest BCUT2D eigenvalue weighted by Gasteiger charge is -2.08. The Morgan fingerprint density at radius 2 is 2.11 bits per heavy atom. The zero-order valence-electron chi connectivity index (χ0n) is 11.0. The van der Waals surface area contributed by atoms with Crippen LogP contribution in [0.5, 0.6) is 0 Å². The number of esters is 1. The number of rotatable bonds is 4. The number of nitrogens with one attached hydrogen (secondary N) is 2. The molecule has 18 heavy (non-hydrogen) atoms.